The second kappa shape index (κ2) is 14.7. The van der Waals surface area contributed by atoms with Crippen LogP contribution in [0.5, 0.6) is 0 Å². The van der Waals surface area contributed by atoms with E-state index in [2.05, 4.69) is 155 Å². The fourth-order valence-corrected chi connectivity index (χ4v) is 8.91. The van der Waals surface area contributed by atoms with Crippen molar-refractivity contribution in [3.05, 3.63) is 219 Å². The van der Waals surface area contributed by atoms with Crippen molar-refractivity contribution in [3.8, 4) is 67.9 Å². The zero-order valence-electron chi connectivity index (χ0n) is 33.5. The number of benzene rings is 8. The van der Waals surface area contributed by atoms with E-state index in [1.54, 1.807) is 0 Å². The lowest BCUT2D eigenvalue weighted by molar-refractivity contribution is 1.07. The van der Waals surface area contributed by atoms with Gasteiger partial charge in [-0.05, 0) is 77.9 Å². The zero-order valence-corrected chi connectivity index (χ0v) is 33.5. The molecule has 12 aromatic rings. The summed E-state index contributed by atoms with van der Waals surface area (Å²) >= 11 is 0. The Bertz CT molecular complexity index is 3570. The lowest BCUT2D eigenvalue weighted by Crippen LogP contribution is -2.00. The van der Waals surface area contributed by atoms with Crippen LogP contribution in [0.3, 0.4) is 0 Å². The Balaban J connectivity index is 0.971. The number of fused-ring (bicyclic) bond motifs is 6. The molecule has 0 amide bonds. The number of para-hydroxylation sites is 3. The SMILES string of the molecule is c1ccc(-c2nc(-c3ccccc3)nc(-c3ccnc(-c4ccc5c6ccccc6n(-c6cccc(-c7ccc8c(c7)c7ccccc7n8-c7ccccc7)c6)c5c4)c3)n2)cc1. The molecule has 0 saturated carbocycles. The zero-order chi connectivity index (χ0) is 41.0. The minimum atomic E-state index is 0.594. The molecule has 0 aliphatic carbocycles. The average molecular weight is 793 g/mol. The molecule has 0 fully saturated rings. The van der Waals surface area contributed by atoms with Gasteiger partial charge < -0.3 is 9.13 Å². The quantitative estimate of drug-likeness (QED) is 0.161. The van der Waals surface area contributed by atoms with Crippen molar-refractivity contribution < 1.29 is 0 Å². The van der Waals surface area contributed by atoms with Crippen LogP contribution >= 0.6 is 0 Å². The van der Waals surface area contributed by atoms with Gasteiger partial charge in [-0.1, -0.05) is 146 Å². The molecule has 0 bridgehead atoms. The van der Waals surface area contributed by atoms with Gasteiger partial charge in [-0.3, -0.25) is 4.98 Å². The number of rotatable bonds is 7. The van der Waals surface area contributed by atoms with Crippen LogP contribution in [0.1, 0.15) is 0 Å². The van der Waals surface area contributed by atoms with Gasteiger partial charge >= 0.3 is 0 Å². The van der Waals surface area contributed by atoms with E-state index < -0.39 is 0 Å². The van der Waals surface area contributed by atoms with E-state index in [4.69, 9.17) is 19.9 Å². The molecular formula is C56H36N6. The molecule has 0 unspecified atom stereocenters. The van der Waals surface area contributed by atoms with Gasteiger partial charge in [0.15, 0.2) is 17.5 Å². The van der Waals surface area contributed by atoms with Crippen LogP contribution in [0.4, 0.5) is 0 Å². The Morgan fingerprint density at radius 2 is 0.774 bits per heavy atom. The minimum Gasteiger partial charge on any atom is -0.309 e. The molecule has 6 nitrogen and oxygen atoms in total. The fraction of sp³-hybridized carbons (Fsp3) is 0. The summed E-state index contributed by atoms with van der Waals surface area (Å²) < 4.78 is 4.74. The first-order chi connectivity index (χ1) is 30.7. The topological polar surface area (TPSA) is 61.4 Å². The van der Waals surface area contributed by atoms with Crippen molar-refractivity contribution in [1.82, 2.24) is 29.1 Å². The molecule has 0 saturated heterocycles. The number of hydrogen-bond donors (Lipinski definition) is 0. The van der Waals surface area contributed by atoms with Crippen molar-refractivity contribution >= 4 is 43.6 Å². The number of aromatic nitrogens is 6. The maximum atomic E-state index is 4.99. The Morgan fingerprint density at radius 3 is 1.47 bits per heavy atom. The van der Waals surface area contributed by atoms with E-state index in [0.29, 0.717) is 17.5 Å². The van der Waals surface area contributed by atoms with Gasteiger partial charge in [0.25, 0.3) is 0 Å². The third kappa shape index (κ3) is 6.04. The molecule has 8 aromatic carbocycles. The highest BCUT2D eigenvalue weighted by Gasteiger charge is 2.18. The largest absolute Gasteiger partial charge is 0.309 e. The van der Waals surface area contributed by atoms with Crippen molar-refractivity contribution in [2.75, 3.05) is 0 Å². The van der Waals surface area contributed by atoms with Crippen molar-refractivity contribution in [3.63, 3.8) is 0 Å². The summed E-state index contributed by atoms with van der Waals surface area (Å²) in [6.45, 7) is 0. The summed E-state index contributed by atoms with van der Waals surface area (Å²) in [7, 11) is 0. The molecule has 0 N–H and O–H groups in total. The standard InChI is InChI=1S/C56H36N6/c1-4-15-37(16-5-1)54-58-55(38-17-6-2-7-18-38)60-56(59-54)42-31-32-57-49(35-42)41-27-29-47-45-23-10-12-25-50(45)62(53(47)36-41)44-22-14-19-39(33-44)40-28-30-52-48(34-40)46-24-11-13-26-51(46)61(52)43-20-8-3-9-21-43/h1-36H. The number of nitrogens with zero attached hydrogens (tertiary/aromatic N) is 6. The van der Waals surface area contributed by atoms with E-state index in [-0.39, 0.29) is 0 Å². The van der Waals surface area contributed by atoms with Crippen LogP contribution in [0.25, 0.3) is 112 Å². The van der Waals surface area contributed by atoms with Crippen LogP contribution in [-0.4, -0.2) is 29.1 Å². The van der Waals surface area contributed by atoms with Gasteiger partial charge in [0.2, 0.25) is 0 Å². The van der Waals surface area contributed by atoms with Gasteiger partial charge in [-0.15, -0.1) is 0 Å². The lowest BCUT2D eigenvalue weighted by atomic mass is 10.0. The molecule has 290 valence electrons. The maximum absolute atomic E-state index is 4.99. The summed E-state index contributed by atoms with van der Waals surface area (Å²) in [6, 6.07) is 74.5. The van der Waals surface area contributed by atoms with Crippen molar-refractivity contribution in [1.29, 1.82) is 0 Å². The molecule has 62 heavy (non-hydrogen) atoms. The first-order valence-corrected chi connectivity index (χ1v) is 20.8. The number of pyridine rings is 1. The Labute approximate surface area is 357 Å². The van der Waals surface area contributed by atoms with Gasteiger partial charge in [-0.2, -0.15) is 0 Å². The third-order valence-corrected chi connectivity index (χ3v) is 11.8. The summed E-state index contributed by atoms with van der Waals surface area (Å²) in [5.41, 5.74) is 13.8. The molecule has 0 aliphatic rings. The monoisotopic (exact) mass is 792 g/mol. The molecule has 0 aliphatic heterocycles. The summed E-state index contributed by atoms with van der Waals surface area (Å²) in [6.07, 6.45) is 1.84. The average Bonchev–Trinajstić information content (AvgIpc) is 3.87. The molecule has 4 heterocycles. The molecule has 6 heteroatoms. The smallest absolute Gasteiger partial charge is 0.164 e. The van der Waals surface area contributed by atoms with Crippen LogP contribution in [0, 0.1) is 0 Å². The van der Waals surface area contributed by atoms with E-state index in [0.717, 1.165) is 55.9 Å². The summed E-state index contributed by atoms with van der Waals surface area (Å²) in [5.74, 6) is 1.84. The van der Waals surface area contributed by atoms with Crippen LogP contribution < -0.4 is 0 Å². The van der Waals surface area contributed by atoms with Gasteiger partial charge in [0, 0.05) is 61.4 Å². The first kappa shape index (κ1) is 35.5. The van der Waals surface area contributed by atoms with E-state index >= 15 is 0 Å². The molecule has 0 atom stereocenters. The third-order valence-electron chi connectivity index (χ3n) is 11.8. The molecule has 0 radical (unpaired) electrons. The second-order valence-electron chi connectivity index (χ2n) is 15.5. The highest BCUT2D eigenvalue weighted by atomic mass is 15.0. The summed E-state index contributed by atoms with van der Waals surface area (Å²) in [4.78, 5) is 19.8. The Morgan fingerprint density at radius 1 is 0.274 bits per heavy atom. The molecular weight excluding hydrogens is 757 g/mol. The highest BCUT2D eigenvalue weighted by molar-refractivity contribution is 6.11. The second-order valence-corrected chi connectivity index (χ2v) is 15.5. The van der Waals surface area contributed by atoms with E-state index in [1.807, 2.05) is 72.9 Å². The molecule has 4 aromatic heterocycles. The van der Waals surface area contributed by atoms with Gasteiger partial charge in [0.05, 0.1) is 27.8 Å². The van der Waals surface area contributed by atoms with Gasteiger partial charge in [0.1, 0.15) is 0 Å². The number of hydrogen-bond acceptors (Lipinski definition) is 4. The minimum absolute atomic E-state index is 0.594. The fourth-order valence-electron chi connectivity index (χ4n) is 8.91. The van der Waals surface area contributed by atoms with E-state index in [1.165, 1.54) is 38.1 Å². The predicted octanol–water partition coefficient (Wildman–Crippen LogP) is 13.8. The van der Waals surface area contributed by atoms with Crippen LogP contribution in [0.15, 0.2) is 219 Å². The molecule has 0 spiro atoms. The first-order valence-electron chi connectivity index (χ1n) is 20.8. The highest BCUT2D eigenvalue weighted by Crippen LogP contribution is 2.38. The normalized spacial score (nSPS) is 11.5. The molecule has 12 rings (SSSR count). The van der Waals surface area contributed by atoms with Crippen LogP contribution in [-0.2, 0) is 0 Å². The Hall–Kier alpha value is -8.48. The van der Waals surface area contributed by atoms with Gasteiger partial charge in [-0.25, -0.2) is 15.0 Å². The summed E-state index contributed by atoms with van der Waals surface area (Å²) in [5, 5.41) is 4.84. The van der Waals surface area contributed by atoms with Crippen molar-refractivity contribution in [2.45, 2.75) is 0 Å². The Kier molecular flexibility index (Phi) is 8.38. The maximum Gasteiger partial charge on any atom is 0.164 e. The van der Waals surface area contributed by atoms with Crippen molar-refractivity contribution in [2.24, 2.45) is 0 Å². The van der Waals surface area contributed by atoms with Crippen LogP contribution in [0.2, 0.25) is 0 Å². The van der Waals surface area contributed by atoms with E-state index in [9.17, 15) is 0 Å². The lowest BCUT2D eigenvalue weighted by Gasteiger charge is -2.12. The predicted molar refractivity (Wildman–Crippen MR) is 253 cm³/mol.